The maximum atomic E-state index is 10.5. The molecular formula is C14H23NOS. The molecular weight excluding hydrogens is 230 g/mol. The van der Waals surface area contributed by atoms with Crippen molar-refractivity contribution in [2.24, 2.45) is 5.92 Å². The molecule has 1 aromatic heterocycles. The lowest BCUT2D eigenvalue weighted by Gasteiger charge is -2.36. The van der Waals surface area contributed by atoms with Crippen molar-refractivity contribution in [2.75, 3.05) is 6.54 Å². The third-order valence-corrected chi connectivity index (χ3v) is 4.55. The van der Waals surface area contributed by atoms with Crippen LogP contribution in [-0.2, 0) is 0 Å². The average Bonchev–Trinajstić information content (AvgIpc) is 2.79. The lowest BCUT2D eigenvalue weighted by atomic mass is 9.79. The molecule has 2 nitrogen and oxygen atoms in total. The van der Waals surface area contributed by atoms with Crippen molar-refractivity contribution in [1.82, 2.24) is 5.32 Å². The highest BCUT2D eigenvalue weighted by Crippen LogP contribution is 2.32. The molecule has 1 fully saturated rings. The van der Waals surface area contributed by atoms with Gasteiger partial charge in [-0.25, -0.2) is 0 Å². The maximum absolute atomic E-state index is 10.5. The fraction of sp³-hybridized carbons (Fsp3) is 0.714. The standard InChI is InChI=1S/C14H23NOS/c1-11-4-3-6-14(16,8-11)10-15-12(2)13-5-7-17-9-13/h5,7,9,11-12,15-16H,3-4,6,8,10H2,1-2H3. The second-order valence-electron chi connectivity index (χ2n) is 5.59. The normalized spacial score (nSPS) is 31.4. The van der Waals surface area contributed by atoms with Crippen LogP contribution >= 0.6 is 11.3 Å². The number of nitrogens with one attached hydrogen (secondary N) is 1. The van der Waals surface area contributed by atoms with Gasteiger partial charge in [0, 0.05) is 12.6 Å². The van der Waals surface area contributed by atoms with Gasteiger partial charge < -0.3 is 10.4 Å². The van der Waals surface area contributed by atoms with Crippen LogP contribution in [0.2, 0.25) is 0 Å². The van der Waals surface area contributed by atoms with Crippen LogP contribution in [0.4, 0.5) is 0 Å². The molecule has 0 spiro atoms. The van der Waals surface area contributed by atoms with E-state index in [2.05, 4.69) is 36.0 Å². The van der Waals surface area contributed by atoms with E-state index < -0.39 is 5.60 Å². The third kappa shape index (κ3) is 3.54. The topological polar surface area (TPSA) is 32.3 Å². The van der Waals surface area contributed by atoms with Crippen molar-refractivity contribution in [2.45, 2.75) is 51.2 Å². The minimum atomic E-state index is -0.484. The lowest BCUT2D eigenvalue weighted by molar-refractivity contribution is -0.0134. The summed E-state index contributed by atoms with van der Waals surface area (Å²) < 4.78 is 0. The number of aliphatic hydroxyl groups is 1. The van der Waals surface area contributed by atoms with E-state index in [4.69, 9.17) is 0 Å². The Balaban J connectivity index is 1.84. The zero-order valence-electron chi connectivity index (χ0n) is 10.8. The predicted octanol–water partition coefficient (Wildman–Crippen LogP) is 3.34. The van der Waals surface area contributed by atoms with E-state index in [0.29, 0.717) is 18.5 Å². The summed E-state index contributed by atoms with van der Waals surface area (Å²) >= 11 is 1.73. The van der Waals surface area contributed by atoms with Gasteiger partial charge in [-0.1, -0.05) is 19.8 Å². The van der Waals surface area contributed by atoms with Gasteiger partial charge in [-0.05, 0) is 48.1 Å². The van der Waals surface area contributed by atoms with Crippen LogP contribution in [0.15, 0.2) is 16.8 Å². The number of thiophene rings is 1. The van der Waals surface area contributed by atoms with Crippen LogP contribution in [0.3, 0.4) is 0 Å². The summed E-state index contributed by atoms with van der Waals surface area (Å²) in [5.74, 6) is 0.659. The molecule has 0 aromatic carbocycles. The van der Waals surface area contributed by atoms with Gasteiger partial charge in [-0.2, -0.15) is 11.3 Å². The van der Waals surface area contributed by atoms with Crippen LogP contribution in [0.1, 0.15) is 51.1 Å². The molecule has 17 heavy (non-hydrogen) atoms. The summed E-state index contributed by atoms with van der Waals surface area (Å²) in [7, 11) is 0. The van der Waals surface area contributed by atoms with E-state index >= 15 is 0 Å². The van der Waals surface area contributed by atoms with Gasteiger partial charge in [0.05, 0.1) is 5.60 Å². The predicted molar refractivity (Wildman–Crippen MR) is 73.3 cm³/mol. The first kappa shape index (κ1) is 13.1. The number of hydrogen-bond acceptors (Lipinski definition) is 3. The van der Waals surface area contributed by atoms with E-state index in [9.17, 15) is 5.11 Å². The SMILES string of the molecule is CC1CCCC(O)(CNC(C)c2ccsc2)C1. The summed E-state index contributed by atoms with van der Waals surface area (Å²) in [6.45, 7) is 5.12. The van der Waals surface area contributed by atoms with E-state index in [0.717, 1.165) is 19.3 Å². The van der Waals surface area contributed by atoms with Crippen LogP contribution in [0.25, 0.3) is 0 Å². The lowest BCUT2D eigenvalue weighted by Crippen LogP contribution is -2.44. The van der Waals surface area contributed by atoms with E-state index in [1.54, 1.807) is 11.3 Å². The Bertz CT molecular complexity index is 338. The van der Waals surface area contributed by atoms with Gasteiger partial charge >= 0.3 is 0 Å². The maximum Gasteiger partial charge on any atom is 0.0774 e. The minimum absolute atomic E-state index is 0.336. The van der Waals surface area contributed by atoms with Gasteiger partial charge in [0.2, 0.25) is 0 Å². The first-order valence-electron chi connectivity index (χ1n) is 6.57. The molecule has 3 heteroatoms. The molecule has 0 bridgehead atoms. The Morgan fingerprint density at radius 2 is 2.47 bits per heavy atom. The minimum Gasteiger partial charge on any atom is -0.389 e. The number of rotatable bonds is 4. The van der Waals surface area contributed by atoms with Crippen molar-refractivity contribution in [3.8, 4) is 0 Å². The summed E-state index contributed by atoms with van der Waals surface area (Å²) in [6, 6.07) is 2.48. The third-order valence-electron chi connectivity index (χ3n) is 3.85. The second-order valence-corrected chi connectivity index (χ2v) is 6.37. The Morgan fingerprint density at radius 1 is 1.65 bits per heavy atom. The highest BCUT2D eigenvalue weighted by atomic mass is 32.1. The largest absolute Gasteiger partial charge is 0.389 e. The Labute approximate surface area is 108 Å². The molecule has 2 rings (SSSR count). The fourth-order valence-corrected chi connectivity index (χ4v) is 3.53. The molecule has 0 aliphatic heterocycles. The molecule has 0 radical (unpaired) electrons. The quantitative estimate of drug-likeness (QED) is 0.862. The summed E-state index contributed by atoms with van der Waals surface area (Å²) in [5, 5.41) is 18.3. The molecule has 0 amide bonds. The van der Waals surface area contributed by atoms with Crippen LogP contribution in [-0.4, -0.2) is 17.3 Å². The smallest absolute Gasteiger partial charge is 0.0774 e. The first-order chi connectivity index (χ1) is 8.09. The zero-order chi connectivity index (χ0) is 12.3. The van der Waals surface area contributed by atoms with E-state index in [1.165, 1.54) is 12.0 Å². The Kier molecular flexibility index (Phi) is 4.23. The van der Waals surface area contributed by atoms with Gasteiger partial charge in [-0.3, -0.25) is 0 Å². The molecule has 1 aliphatic carbocycles. The molecule has 2 N–H and O–H groups in total. The highest BCUT2D eigenvalue weighted by molar-refractivity contribution is 7.07. The molecule has 0 saturated heterocycles. The second kappa shape index (κ2) is 5.51. The fourth-order valence-electron chi connectivity index (χ4n) is 2.78. The van der Waals surface area contributed by atoms with E-state index in [1.807, 2.05) is 0 Å². The average molecular weight is 253 g/mol. The van der Waals surface area contributed by atoms with Crippen molar-refractivity contribution in [3.63, 3.8) is 0 Å². The summed E-state index contributed by atoms with van der Waals surface area (Å²) in [5.41, 5.74) is 0.838. The van der Waals surface area contributed by atoms with Crippen LogP contribution in [0.5, 0.6) is 0 Å². The Morgan fingerprint density at radius 3 is 3.12 bits per heavy atom. The summed E-state index contributed by atoms with van der Waals surface area (Å²) in [4.78, 5) is 0. The molecule has 1 aliphatic rings. The zero-order valence-corrected chi connectivity index (χ0v) is 11.6. The molecule has 1 saturated carbocycles. The van der Waals surface area contributed by atoms with Gasteiger partial charge in [0.15, 0.2) is 0 Å². The van der Waals surface area contributed by atoms with Crippen molar-refractivity contribution < 1.29 is 5.11 Å². The van der Waals surface area contributed by atoms with Gasteiger partial charge in [0.1, 0.15) is 0 Å². The van der Waals surface area contributed by atoms with Gasteiger partial charge in [0.25, 0.3) is 0 Å². The van der Waals surface area contributed by atoms with Gasteiger partial charge in [-0.15, -0.1) is 0 Å². The van der Waals surface area contributed by atoms with Crippen molar-refractivity contribution >= 4 is 11.3 Å². The molecule has 1 aromatic rings. The molecule has 96 valence electrons. The van der Waals surface area contributed by atoms with Crippen LogP contribution in [0, 0.1) is 5.92 Å². The van der Waals surface area contributed by atoms with E-state index in [-0.39, 0.29) is 0 Å². The highest BCUT2D eigenvalue weighted by Gasteiger charge is 2.32. The van der Waals surface area contributed by atoms with Crippen molar-refractivity contribution in [1.29, 1.82) is 0 Å². The van der Waals surface area contributed by atoms with Crippen LogP contribution < -0.4 is 5.32 Å². The molecule has 1 heterocycles. The molecule has 3 atom stereocenters. The monoisotopic (exact) mass is 253 g/mol. The van der Waals surface area contributed by atoms with Crippen molar-refractivity contribution in [3.05, 3.63) is 22.4 Å². The molecule has 3 unspecified atom stereocenters. The number of hydrogen-bond donors (Lipinski definition) is 2. The first-order valence-corrected chi connectivity index (χ1v) is 7.51. The Hall–Kier alpha value is -0.380. The summed E-state index contributed by atoms with van der Waals surface area (Å²) in [6.07, 6.45) is 4.31.